The Labute approximate surface area is 187 Å². The average molecular weight is 472 g/mol. The van der Waals surface area contributed by atoms with E-state index in [1.807, 2.05) is 11.8 Å². The minimum atomic E-state index is -4.62. The molecule has 6 nitrogen and oxygen atoms in total. The van der Waals surface area contributed by atoms with E-state index in [1.165, 1.54) is 23.7 Å². The Kier molecular flexibility index (Phi) is 6.17. The highest BCUT2D eigenvalue weighted by Crippen LogP contribution is 2.37. The molecule has 1 aromatic carbocycles. The van der Waals surface area contributed by atoms with E-state index in [-0.39, 0.29) is 29.9 Å². The van der Waals surface area contributed by atoms with Gasteiger partial charge in [-0.25, -0.2) is 9.07 Å². The van der Waals surface area contributed by atoms with Crippen molar-refractivity contribution < 1.29 is 22.3 Å². The lowest BCUT2D eigenvalue weighted by Gasteiger charge is -2.22. The maximum Gasteiger partial charge on any atom is 0.436 e. The smallest absolute Gasteiger partial charge is 0.359 e. The first-order valence-corrected chi connectivity index (χ1v) is 10.6. The van der Waals surface area contributed by atoms with E-state index >= 15 is 0 Å². The molecule has 0 bridgehead atoms. The lowest BCUT2D eigenvalue weighted by atomic mass is 10.2. The van der Waals surface area contributed by atoms with Crippen LogP contribution in [-0.2, 0) is 17.3 Å². The van der Waals surface area contributed by atoms with E-state index in [9.17, 15) is 17.6 Å². The summed E-state index contributed by atoms with van der Waals surface area (Å²) in [5.74, 6) is -0.353. The van der Waals surface area contributed by atoms with Crippen LogP contribution in [0.2, 0.25) is 5.02 Å². The van der Waals surface area contributed by atoms with Crippen LogP contribution < -0.4 is 4.90 Å². The predicted molar refractivity (Wildman–Crippen MR) is 112 cm³/mol. The highest BCUT2D eigenvalue weighted by atomic mass is 35.5. The first-order valence-electron chi connectivity index (χ1n) is 10.2. The van der Waals surface area contributed by atoms with Crippen molar-refractivity contribution in [3.8, 4) is 5.69 Å². The van der Waals surface area contributed by atoms with Crippen molar-refractivity contribution in [2.24, 2.45) is 0 Å². The third kappa shape index (κ3) is 4.21. The molecule has 4 rings (SSSR count). The molecule has 1 aliphatic heterocycles. The fourth-order valence-electron chi connectivity index (χ4n) is 3.96. The first-order chi connectivity index (χ1) is 15.2. The van der Waals surface area contributed by atoms with E-state index in [1.54, 1.807) is 23.0 Å². The number of alkyl halides is 3. The van der Waals surface area contributed by atoms with E-state index < -0.39 is 17.9 Å². The number of halogens is 5. The topological polar surface area (TPSA) is 48.1 Å². The Bertz CT molecular complexity index is 1110. The van der Waals surface area contributed by atoms with E-state index in [0.717, 1.165) is 11.4 Å². The zero-order valence-electron chi connectivity index (χ0n) is 17.5. The summed E-state index contributed by atoms with van der Waals surface area (Å²) in [5.41, 5.74) is 1.51. The summed E-state index contributed by atoms with van der Waals surface area (Å²) < 4.78 is 62.1. The summed E-state index contributed by atoms with van der Waals surface area (Å²) in [5, 5.41) is 7.78. The molecular formula is C21H22ClF4N5O. The van der Waals surface area contributed by atoms with Crippen LogP contribution in [0.5, 0.6) is 0 Å². The summed E-state index contributed by atoms with van der Waals surface area (Å²) in [7, 11) is 0. The molecule has 1 atom stereocenters. The van der Waals surface area contributed by atoms with Crippen molar-refractivity contribution in [1.82, 2.24) is 19.6 Å². The van der Waals surface area contributed by atoms with Gasteiger partial charge in [-0.3, -0.25) is 4.68 Å². The number of hydrogen-bond acceptors (Lipinski definition) is 4. The van der Waals surface area contributed by atoms with Gasteiger partial charge in [-0.05, 0) is 38.0 Å². The van der Waals surface area contributed by atoms with Crippen LogP contribution >= 0.6 is 11.6 Å². The summed E-state index contributed by atoms with van der Waals surface area (Å²) in [4.78, 5) is 1.98. The lowest BCUT2D eigenvalue weighted by molar-refractivity contribution is -0.141. The largest absolute Gasteiger partial charge is 0.436 e. The Hall–Kier alpha value is -2.59. The molecule has 172 valence electrons. The van der Waals surface area contributed by atoms with Crippen LogP contribution in [0.15, 0.2) is 30.5 Å². The van der Waals surface area contributed by atoms with Gasteiger partial charge >= 0.3 is 6.18 Å². The zero-order valence-corrected chi connectivity index (χ0v) is 18.3. The van der Waals surface area contributed by atoms with Gasteiger partial charge < -0.3 is 9.64 Å². The molecule has 3 aromatic rings. The monoisotopic (exact) mass is 471 g/mol. The van der Waals surface area contributed by atoms with Crippen molar-refractivity contribution in [2.75, 3.05) is 24.8 Å². The van der Waals surface area contributed by atoms with Crippen LogP contribution in [0.25, 0.3) is 5.69 Å². The van der Waals surface area contributed by atoms with Crippen LogP contribution in [0.4, 0.5) is 23.2 Å². The summed E-state index contributed by atoms with van der Waals surface area (Å²) >= 11 is 5.90. The van der Waals surface area contributed by atoms with Gasteiger partial charge in [0.05, 0.1) is 46.6 Å². The molecule has 0 aliphatic carbocycles. The molecule has 1 saturated heterocycles. The van der Waals surface area contributed by atoms with Crippen molar-refractivity contribution in [1.29, 1.82) is 0 Å². The number of anilines is 1. The van der Waals surface area contributed by atoms with Gasteiger partial charge in [0.1, 0.15) is 12.5 Å². The van der Waals surface area contributed by atoms with Gasteiger partial charge in [0.2, 0.25) is 0 Å². The highest BCUT2D eigenvalue weighted by Gasteiger charge is 2.39. The second-order valence-corrected chi connectivity index (χ2v) is 8.00. The maximum absolute atomic E-state index is 13.7. The average Bonchev–Trinajstić information content (AvgIpc) is 3.20. The molecule has 1 unspecified atom stereocenters. The summed E-state index contributed by atoms with van der Waals surface area (Å²) in [6, 6.07) is 5.79. The predicted octanol–water partition coefficient (Wildman–Crippen LogP) is 5.18. The Morgan fingerprint density at radius 3 is 2.72 bits per heavy atom. The van der Waals surface area contributed by atoms with Gasteiger partial charge in [-0.15, -0.1) is 0 Å². The van der Waals surface area contributed by atoms with Gasteiger partial charge in [0, 0.05) is 6.54 Å². The second kappa shape index (κ2) is 8.74. The van der Waals surface area contributed by atoms with Crippen molar-refractivity contribution in [3.05, 3.63) is 58.4 Å². The maximum atomic E-state index is 13.7. The van der Waals surface area contributed by atoms with E-state index in [2.05, 4.69) is 10.2 Å². The summed E-state index contributed by atoms with van der Waals surface area (Å²) in [6.45, 7) is 4.46. The zero-order chi connectivity index (χ0) is 23.0. The molecular weight excluding hydrogens is 450 g/mol. The Balaban J connectivity index is 1.57. The molecule has 0 radical (unpaired) electrons. The molecule has 11 heteroatoms. The Morgan fingerprint density at radius 1 is 1.28 bits per heavy atom. The van der Waals surface area contributed by atoms with Crippen LogP contribution in [-0.4, -0.2) is 39.4 Å². The van der Waals surface area contributed by atoms with Gasteiger partial charge in [0.25, 0.3) is 0 Å². The Morgan fingerprint density at radius 2 is 2.06 bits per heavy atom. The minimum absolute atomic E-state index is 0.201. The van der Waals surface area contributed by atoms with Crippen LogP contribution in [0.1, 0.15) is 36.5 Å². The number of aromatic nitrogens is 4. The molecule has 32 heavy (non-hydrogen) atoms. The van der Waals surface area contributed by atoms with Crippen molar-refractivity contribution in [2.45, 2.75) is 38.9 Å². The molecule has 0 amide bonds. The molecule has 0 saturated carbocycles. The molecule has 0 N–H and O–H groups in total. The number of hydrogen-bond donors (Lipinski definition) is 0. The first kappa shape index (κ1) is 22.6. The SMILES string of the molecule is CCc1c(N2CCC(n3nc(C(F)(F)F)c(Cl)c3C)COC2)cnn1-c1cccc(F)c1. The second-order valence-electron chi connectivity index (χ2n) is 7.62. The van der Waals surface area contributed by atoms with E-state index in [0.29, 0.717) is 25.1 Å². The number of ether oxygens (including phenoxy) is 1. The highest BCUT2D eigenvalue weighted by molar-refractivity contribution is 6.31. The molecule has 1 fully saturated rings. The third-order valence-corrected chi connectivity index (χ3v) is 6.01. The normalized spacial score (nSPS) is 17.6. The van der Waals surface area contributed by atoms with E-state index in [4.69, 9.17) is 16.3 Å². The van der Waals surface area contributed by atoms with Gasteiger partial charge in [-0.1, -0.05) is 24.6 Å². The van der Waals surface area contributed by atoms with Crippen molar-refractivity contribution >= 4 is 17.3 Å². The minimum Gasteiger partial charge on any atom is -0.359 e. The van der Waals surface area contributed by atoms with Crippen LogP contribution in [0.3, 0.4) is 0 Å². The quantitative estimate of drug-likeness (QED) is 0.492. The lowest BCUT2D eigenvalue weighted by Crippen LogP contribution is -2.26. The summed E-state index contributed by atoms with van der Waals surface area (Å²) in [6.07, 6.45) is -1.77. The third-order valence-electron chi connectivity index (χ3n) is 5.56. The fourth-order valence-corrected chi connectivity index (χ4v) is 4.19. The van der Waals surface area contributed by atoms with Gasteiger partial charge in [-0.2, -0.15) is 23.4 Å². The van der Waals surface area contributed by atoms with Crippen LogP contribution in [0, 0.1) is 12.7 Å². The molecule has 0 spiro atoms. The fraction of sp³-hybridized carbons (Fsp3) is 0.429. The van der Waals surface area contributed by atoms with Gasteiger partial charge in [0.15, 0.2) is 5.69 Å². The molecule has 3 heterocycles. The standard InChI is InChI=1S/C21H22ClF4N5O/c1-3-17-18(10-27-31(17)15-6-4-5-14(23)9-15)29-8-7-16(11-32-12-29)30-13(2)19(22)20(28-30)21(24,25)26/h4-6,9-10,16H,3,7-8,11-12H2,1-2H3. The number of nitrogens with zero attached hydrogens (tertiary/aromatic N) is 5. The number of benzene rings is 1. The molecule has 1 aliphatic rings. The molecule has 2 aromatic heterocycles. The van der Waals surface area contributed by atoms with Crippen molar-refractivity contribution in [3.63, 3.8) is 0 Å². The number of rotatable bonds is 4.